The number of carbonyl (C=O) groups is 2. The fourth-order valence-corrected chi connectivity index (χ4v) is 1.94. The van der Waals surface area contributed by atoms with Crippen LogP contribution in [0.5, 0.6) is 0 Å². The zero-order valence-electron chi connectivity index (χ0n) is 19.1. The van der Waals surface area contributed by atoms with Gasteiger partial charge in [0, 0.05) is 6.08 Å². The quantitative estimate of drug-likeness (QED) is 0.106. The molecule has 0 aromatic heterocycles. The molecule has 0 N–H and O–H groups in total. The normalized spacial score (nSPS) is 10.8. The SMILES string of the molecule is C=CC(=O)OCCOCCOCCOCCOCCOCCOCCOCCC(=O)OC. The summed E-state index contributed by atoms with van der Waals surface area (Å²) in [5.74, 6) is -0.750. The molecule has 0 atom stereocenters. The molecule has 32 heavy (non-hydrogen) atoms. The molecule has 0 radical (unpaired) electrons. The van der Waals surface area contributed by atoms with Gasteiger partial charge in [0.25, 0.3) is 0 Å². The maximum Gasteiger partial charge on any atom is 0.330 e. The van der Waals surface area contributed by atoms with Gasteiger partial charge in [-0.15, -0.1) is 0 Å². The van der Waals surface area contributed by atoms with E-state index in [1.807, 2.05) is 0 Å². The fraction of sp³-hybridized carbons (Fsp3) is 0.810. The highest BCUT2D eigenvalue weighted by atomic mass is 16.6. The van der Waals surface area contributed by atoms with Crippen LogP contribution >= 0.6 is 0 Å². The minimum atomic E-state index is -0.461. The fourth-order valence-electron chi connectivity index (χ4n) is 1.94. The van der Waals surface area contributed by atoms with Crippen molar-refractivity contribution in [3.63, 3.8) is 0 Å². The van der Waals surface area contributed by atoms with E-state index in [9.17, 15) is 9.59 Å². The van der Waals surface area contributed by atoms with E-state index >= 15 is 0 Å². The lowest BCUT2D eigenvalue weighted by Gasteiger charge is -2.08. The summed E-state index contributed by atoms with van der Waals surface area (Å²) in [6.07, 6.45) is 1.35. The van der Waals surface area contributed by atoms with Crippen LogP contribution in [-0.4, -0.2) is 118 Å². The average molecular weight is 467 g/mol. The van der Waals surface area contributed by atoms with Gasteiger partial charge < -0.3 is 42.6 Å². The smallest absolute Gasteiger partial charge is 0.330 e. The summed E-state index contributed by atoms with van der Waals surface area (Å²) < 4.78 is 46.6. The number of ether oxygens (including phenoxy) is 9. The highest BCUT2D eigenvalue weighted by Crippen LogP contribution is 1.88. The Morgan fingerprint density at radius 1 is 0.562 bits per heavy atom. The summed E-state index contributed by atoms with van der Waals surface area (Å²) in [6, 6.07) is 0. The molecule has 0 fully saturated rings. The van der Waals surface area contributed by atoms with Crippen molar-refractivity contribution in [2.75, 3.05) is 106 Å². The largest absolute Gasteiger partial charge is 0.469 e. The van der Waals surface area contributed by atoms with E-state index in [0.717, 1.165) is 6.08 Å². The molecular weight excluding hydrogens is 428 g/mol. The lowest BCUT2D eigenvalue weighted by atomic mass is 10.5. The lowest BCUT2D eigenvalue weighted by molar-refractivity contribution is -0.142. The van der Waals surface area contributed by atoms with Gasteiger partial charge in [0.2, 0.25) is 0 Å². The molecular formula is C21H38O11. The van der Waals surface area contributed by atoms with Crippen molar-refractivity contribution in [2.24, 2.45) is 0 Å². The number of esters is 2. The zero-order chi connectivity index (χ0) is 23.5. The molecule has 0 spiro atoms. The molecule has 11 heteroatoms. The van der Waals surface area contributed by atoms with Crippen LogP contribution in [0.2, 0.25) is 0 Å². The zero-order valence-corrected chi connectivity index (χ0v) is 19.1. The van der Waals surface area contributed by atoms with Gasteiger partial charge in [-0.3, -0.25) is 4.79 Å². The van der Waals surface area contributed by atoms with Gasteiger partial charge in [-0.2, -0.15) is 0 Å². The Balaban J connectivity index is 3.06. The molecule has 0 aliphatic heterocycles. The van der Waals surface area contributed by atoms with Gasteiger partial charge in [-0.1, -0.05) is 6.58 Å². The molecule has 0 amide bonds. The Labute approximate surface area is 190 Å². The third-order valence-electron chi connectivity index (χ3n) is 3.55. The molecule has 0 saturated carbocycles. The van der Waals surface area contributed by atoms with Gasteiger partial charge in [-0.25, -0.2) is 4.79 Å². The summed E-state index contributed by atoms with van der Waals surface area (Å²) in [6.45, 7) is 9.69. The molecule has 0 bridgehead atoms. The number of hydrogen-bond acceptors (Lipinski definition) is 11. The maximum absolute atomic E-state index is 10.9. The van der Waals surface area contributed by atoms with Crippen molar-refractivity contribution >= 4 is 11.9 Å². The average Bonchev–Trinajstić information content (AvgIpc) is 2.81. The van der Waals surface area contributed by atoms with E-state index in [4.69, 9.17) is 37.9 Å². The van der Waals surface area contributed by atoms with Crippen LogP contribution < -0.4 is 0 Å². The highest BCUT2D eigenvalue weighted by molar-refractivity contribution is 5.81. The van der Waals surface area contributed by atoms with Crippen molar-refractivity contribution in [3.05, 3.63) is 12.7 Å². The molecule has 188 valence electrons. The monoisotopic (exact) mass is 466 g/mol. The number of methoxy groups -OCH3 is 1. The predicted octanol–water partition coefficient (Wildman–Crippen LogP) is 0.395. The summed E-state index contributed by atoms with van der Waals surface area (Å²) in [5, 5.41) is 0. The lowest BCUT2D eigenvalue weighted by Crippen LogP contribution is -2.15. The molecule has 0 aromatic rings. The molecule has 0 aliphatic carbocycles. The van der Waals surface area contributed by atoms with Crippen LogP contribution in [0.25, 0.3) is 0 Å². The van der Waals surface area contributed by atoms with Gasteiger partial charge in [0.15, 0.2) is 0 Å². The van der Waals surface area contributed by atoms with Crippen molar-refractivity contribution in [1.29, 1.82) is 0 Å². The Morgan fingerprint density at radius 2 is 0.875 bits per heavy atom. The Kier molecular flexibility index (Phi) is 24.4. The summed E-state index contributed by atoms with van der Waals surface area (Å²) in [5.41, 5.74) is 0. The van der Waals surface area contributed by atoms with Gasteiger partial charge >= 0.3 is 11.9 Å². The van der Waals surface area contributed by atoms with E-state index in [1.54, 1.807) is 0 Å². The van der Waals surface area contributed by atoms with Crippen molar-refractivity contribution in [1.82, 2.24) is 0 Å². The standard InChI is InChI=1S/C21H38O11/c1-3-20(22)32-19-18-31-17-16-30-15-14-29-13-12-28-11-10-27-9-8-26-7-6-25-5-4-21(23)24-2/h3H,1,4-19H2,2H3. The number of carbonyl (C=O) groups excluding carboxylic acids is 2. The van der Waals surface area contributed by atoms with Crippen LogP contribution in [0.1, 0.15) is 6.42 Å². The number of rotatable bonds is 25. The van der Waals surface area contributed by atoms with E-state index < -0.39 is 5.97 Å². The van der Waals surface area contributed by atoms with E-state index in [-0.39, 0.29) is 19.0 Å². The minimum absolute atomic E-state index is 0.197. The van der Waals surface area contributed by atoms with Crippen molar-refractivity contribution in [3.8, 4) is 0 Å². The van der Waals surface area contributed by atoms with Crippen molar-refractivity contribution < 1.29 is 52.2 Å². The van der Waals surface area contributed by atoms with Crippen LogP contribution in [-0.2, 0) is 52.2 Å². The van der Waals surface area contributed by atoms with E-state index in [1.165, 1.54) is 7.11 Å². The van der Waals surface area contributed by atoms with Crippen molar-refractivity contribution in [2.45, 2.75) is 6.42 Å². The molecule has 0 rings (SSSR count). The predicted molar refractivity (Wildman–Crippen MR) is 114 cm³/mol. The van der Waals surface area contributed by atoms with E-state index in [2.05, 4.69) is 11.3 Å². The van der Waals surface area contributed by atoms with Crippen LogP contribution in [0, 0.1) is 0 Å². The molecule has 0 saturated heterocycles. The molecule has 0 aliphatic rings. The first-order valence-electron chi connectivity index (χ1n) is 10.6. The second-order valence-electron chi connectivity index (χ2n) is 5.98. The van der Waals surface area contributed by atoms with E-state index in [0.29, 0.717) is 92.5 Å². The topological polar surface area (TPSA) is 117 Å². The van der Waals surface area contributed by atoms with Crippen LogP contribution in [0.4, 0.5) is 0 Å². The Hall–Kier alpha value is -1.60. The summed E-state index contributed by atoms with van der Waals surface area (Å²) >= 11 is 0. The van der Waals surface area contributed by atoms with Gasteiger partial charge in [0.05, 0.1) is 106 Å². The van der Waals surface area contributed by atoms with Gasteiger partial charge in [0.1, 0.15) is 6.61 Å². The second kappa shape index (κ2) is 25.7. The summed E-state index contributed by atoms with van der Waals surface area (Å²) in [4.78, 5) is 21.6. The molecule has 0 unspecified atom stereocenters. The first-order valence-corrected chi connectivity index (χ1v) is 10.6. The Morgan fingerprint density at radius 3 is 1.19 bits per heavy atom. The second-order valence-corrected chi connectivity index (χ2v) is 5.98. The molecule has 11 nitrogen and oxygen atoms in total. The maximum atomic E-state index is 10.9. The summed E-state index contributed by atoms with van der Waals surface area (Å²) in [7, 11) is 1.35. The first-order chi connectivity index (χ1) is 15.7. The third kappa shape index (κ3) is 24.7. The highest BCUT2D eigenvalue weighted by Gasteiger charge is 1.99. The van der Waals surface area contributed by atoms with Gasteiger partial charge in [-0.05, 0) is 0 Å². The minimum Gasteiger partial charge on any atom is -0.469 e. The Bertz CT molecular complexity index is 445. The van der Waals surface area contributed by atoms with Crippen LogP contribution in [0.3, 0.4) is 0 Å². The number of hydrogen-bond donors (Lipinski definition) is 0. The molecule has 0 aromatic carbocycles. The third-order valence-corrected chi connectivity index (χ3v) is 3.55. The first kappa shape index (κ1) is 30.4. The van der Waals surface area contributed by atoms with Crippen LogP contribution in [0.15, 0.2) is 12.7 Å². The molecule has 0 heterocycles.